The molecule has 0 aromatic heterocycles. The highest BCUT2D eigenvalue weighted by Gasteiger charge is 2.51. The van der Waals surface area contributed by atoms with Gasteiger partial charge >= 0.3 is 5.97 Å². The maximum Gasteiger partial charge on any atom is 0.329 e. The first-order chi connectivity index (χ1) is 7.94. The van der Waals surface area contributed by atoms with Gasteiger partial charge in [-0.25, -0.2) is 4.79 Å². The quantitative estimate of drug-likeness (QED) is 0.834. The Morgan fingerprint density at radius 2 is 1.88 bits per heavy atom. The number of hydrogen-bond donors (Lipinski definition) is 2. The van der Waals surface area contributed by atoms with E-state index in [0.29, 0.717) is 18.4 Å². The average Bonchev–Trinajstić information content (AvgIpc) is 3.03. The first kappa shape index (κ1) is 11.6. The fourth-order valence-electron chi connectivity index (χ4n) is 1.69. The van der Waals surface area contributed by atoms with Crippen LogP contribution in [0, 0.1) is 13.8 Å². The molecule has 1 amide bonds. The van der Waals surface area contributed by atoms with Gasteiger partial charge in [0.05, 0.1) is 0 Å². The third kappa shape index (κ3) is 2.16. The monoisotopic (exact) mass is 233 g/mol. The summed E-state index contributed by atoms with van der Waals surface area (Å²) in [6, 6.07) is 5.36. The van der Waals surface area contributed by atoms with Gasteiger partial charge < -0.3 is 10.4 Å². The molecule has 1 aliphatic rings. The number of amides is 1. The highest BCUT2D eigenvalue weighted by Crippen LogP contribution is 2.35. The molecule has 1 saturated carbocycles. The Hall–Kier alpha value is -1.84. The highest BCUT2D eigenvalue weighted by molar-refractivity contribution is 5.99. The molecule has 0 spiro atoms. The lowest BCUT2D eigenvalue weighted by Crippen LogP contribution is -2.43. The van der Waals surface area contributed by atoms with Gasteiger partial charge in [0.1, 0.15) is 5.54 Å². The van der Waals surface area contributed by atoms with E-state index in [1.54, 1.807) is 12.1 Å². The fraction of sp³-hybridized carbons (Fsp3) is 0.385. The predicted octanol–water partition coefficient (Wildman–Crippen LogP) is 1.65. The summed E-state index contributed by atoms with van der Waals surface area (Å²) in [5, 5.41) is 11.6. The van der Waals surface area contributed by atoms with Gasteiger partial charge in [0.25, 0.3) is 5.91 Å². The molecular weight excluding hydrogens is 218 g/mol. The van der Waals surface area contributed by atoms with Crippen molar-refractivity contribution in [3.8, 4) is 0 Å². The molecule has 0 aliphatic heterocycles. The fourth-order valence-corrected chi connectivity index (χ4v) is 1.69. The summed E-state index contributed by atoms with van der Waals surface area (Å²) < 4.78 is 0. The zero-order valence-electron chi connectivity index (χ0n) is 9.91. The van der Waals surface area contributed by atoms with Crippen molar-refractivity contribution < 1.29 is 14.7 Å². The van der Waals surface area contributed by atoms with Crippen molar-refractivity contribution >= 4 is 11.9 Å². The number of carbonyl (C=O) groups excluding carboxylic acids is 1. The standard InChI is InChI=1S/C13H15NO3/c1-8-3-4-10(7-9(8)2)11(15)14-13(5-6-13)12(16)17/h3-4,7H,5-6H2,1-2H3,(H,14,15)(H,16,17). The topological polar surface area (TPSA) is 66.4 Å². The molecule has 1 fully saturated rings. The first-order valence-electron chi connectivity index (χ1n) is 5.58. The summed E-state index contributed by atoms with van der Waals surface area (Å²) in [4.78, 5) is 22.9. The molecular formula is C13H15NO3. The van der Waals surface area contributed by atoms with Crippen molar-refractivity contribution in [2.75, 3.05) is 0 Å². The number of rotatable bonds is 3. The Morgan fingerprint density at radius 1 is 1.24 bits per heavy atom. The molecule has 0 heterocycles. The van der Waals surface area contributed by atoms with E-state index in [4.69, 9.17) is 5.11 Å². The van der Waals surface area contributed by atoms with Gasteiger partial charge in [-0.2, -0.15) is 0 Å². The molecule has 90 valence electrons. The van der Waals surface area contributed by atoms with E-state index >= 15 is 0 Å². The van der Waals surface area contributed by atoms with E-state index in [2.05, 4.69) is 5.32 Å². The molecule has 1 aromatic carbocycles. The van der Waals surface area contributed by atoms with Crippen LogP contribution in [0.15, 0.2) is 18.2 Å². The van der Waals surface area contributed by atoms with Gasteiger partial charge in [-0.1, -0.05) is 6.07 Å². The van der Waals surface area contributed by atoms with Gasteiger partial charge in [0.2, 0.25) is 0 Å². The van der Waals surface area contributed by atoms with Gasteiger partial charge in [0.15, 0.2) is 0 Å². The summed E-state index contributed by atoms with van der Waals surface area (Å²) in [6.07, 6.45) is 1.03. The van der Waals surface area contributed by atoms with Crippen molar-refractivity contribution in [2.45, 2.75) is 32.2 Å². The van der Waals surface area contributed by atoms with Crippen molar-refractivity contribution in [1.29, 1.82) is 0 Å². The van der Waals surface area contributed by atoms with E-state index in [-0.39, 0.29) is 5.91 Å². The van der Waals surface area contributed by atoms with Gasteiger partial charge in [-0.15, -0.1) is 0 Å². The number of nitrogens with one attached hydrogen (secondary N) is 1. The number of benzene rings is 1. The Bertz CT molecular complexity index is 489. The molecule has 0 atom stereocenters. The van der Waals surface area contributed by atoms with Crippen LogP contribution in [-0.2, 0) is 4.79 Å². The number of hydrogen-bond acceptors (Lipinski definition) is 2. The second kappa shape index (κ2) is 3.87. The highest BCUT2D eigenvalue weighted by atomic mass is 16.4. The molecule has 0 radical (unpaired) electrons. The maximum atomic E-state index is 11.9. The number of carboxylic acids is 1. The van der Waals surface area contributed by atoms with Crippen LogP contribution in [0.3, 0.4) is 0 Å². The average molecular weight is 233 g/mol. The van der Waals surface area contributed by atoms with Gasteiger partial charge in [-0.05, 0) is 49.9 Å². The van der Waals surface area contributed by atoms with E-state index in [0.717, 1.165) is 11.1 Å². The molecule has 0 bridgehead atoms. The summed E-state index contributed by atoms with van der Waals surface area (Å²) in [7, 11) is 0. The van der Waals surface area contributed by atoms with Crippen LogP contribution in [0.5, 0.6) is 0 Å². The zero-order valence-corrected chi connectivity index (χ0v) is 9.91. The van der Waals surface area contributed by atoms with E-state index in [1.165, 1.54) is 0 Å². The number of carboxylic acid groups (broad SMARTS) is 1. The minimum Gasteiger partial charge on any atom is -0.480 e. The van der Waals surface area contributed by atoms with Crippen LogP contribution in [-0.4, -0.2) is 22.5 Å². The molecule has 4 nitrogen and oxygen atoms in total. The van der Waals surface area contributed by atoms with Crippen LogP contribution in [0.25, 0.3) is 0 Å². The van der Waals surface area contributed by atoms with Gasteiger partial charge in [-0.3, -0.25) is 4.79 Å². The third-order valence-corrected chi connectivity index (χ3v) is 3.28. The van der Waals surface area contributed by atoms with Crippen molar-refractivity contribution in [1.82, 2.24) is 5.32 Å². The zero-order chi connectivity index (χ0) is 12.6. The Balaban J connectivity index is 2.15. The van der Waals surface area contributed by atoms with E-state index < -0.39 is 11.5 Å². The molecule has 1 aromatic rings. The van der Waals surface area contributed by atoms with E-state index in [9.17, 15) is 9.59 Å². The van der Waals surface area contributed by atoms with Crippen molar-refractivity contribution in [3.63, 3.8) is 0 Å². The third-order valence-electron chi connectivity index (χ3n) is 3.28. The number of carbonyl (C=O) groups is 2. The predicted molar refractivity (Wildman–Crippen MR) is 63.0 cm³/mol. The molecule has 17 heavy (non-hydrogen) atoms. The summed E-state index contributed by atoms with van der Waals surface area (Å²) in [6.45, 7) is 3.90. The van der Waals surface area contributed by atoms with Crippen LogP contribution < -0.4 is 5.32 Å². The minimum atomic E-state index is -1.02. The number of aliphatic carboxylic acids is 1. The summed E-state index contributed by atoms with van der Waals surface area (Å²) >= 11 is 0. The second-order valence-corrected chi connectivity index (χ2v) is 4.64. The Morgan fingerprint density at radius 3 is 2.35 bits per heavy atom. The molecule has 2 rings (SSSR count). The lowest BCUT2D eigenvalue weighted by molar-refractivity contribution is -0.140. The molecule has 0 saturated heterocycles. The lowest BCUT2D eigenvalue weighted by atomic mass is 10.1. The van der Waals surface area contributed by atoms with Crippen molar-refractivity contribution in [3.05, 3.63) is 34.9 Å². The van der Waals surface area contributed by atoms with Crippen LogP contribution in [0.1, 0.15) is 34.3 Å². The SMILES string of the molecule is Cc1ccc(C(=O)NC2(C(=O)O)CC2)cc1C. The Kier molecular flexibility index (Phi) is 2.65. The summed E-state index contributed by atoms with van der Waals surface area (Å²) in [5.41, 5.74) is 1.63. The van der Waals surface area contributed by atoms with Crippen LogP contribution in [0.2, 0.25) is 0 Å². The molecule has 4 heteroatoms. The largest absolute Gasteiger partial charge is 0.480 e. The number of aryl methyl sites for hydroxylation is 2. The normalized spacial score (nSPS) is 16.4. The van der Waals surface area contributed by atoms with E-state index in [1.807, 2.05) is 19.9 Å². The minimum absolute atomic E-state index is 0.312. The second-order valence-electron chi connectivity index (χ2n) is 4.64. The molecule has 1 aliphatic carbocycles. The van der Waals surface area contributed by atoms with Crippen molar-refractivity contribution in [2.24, 2.45) is 0 Å². The summed E-state index contributed by atoms with van der Waals surface area (Å²) in [5.74, 6) is -1.26. The molecule has 2 N–H and O–H groups in total. The van der Waals surface area contributed by atoms with Gasteiger partial charge in [0, 0.05) is 5.56 Å². The first-order valence-corrected chi connectivity index (χ1v) is 5.58. The molecule has 0 unspecified atom stereocenters. The van der Waals surface area contributed by atoms with Crippen LogP contribution >= 0.6 is 0 Å². The maximum absolute atomic E-state index is 11.9. The van der Waals surface area contributed by atoms with Crippen LogP contribution in [0.4, 0.5) is 0 Å². The smallest absolute Gasteiger partial charge is 0.329 e. The Labute approximate surface area is 99.6 Å². The lowest BCUT2D eigenvalue weighted by Gasteiger charge is -2.13.